The van der Waals surface area contributed by atoms with E-state index in [-0.39, 0.29) is 5.97 Å². The van der Waals surface area contributed by atoms with Crippen molar-refractivity contribution in [2.45, 2.75) is 12.8 Å². The van der Waals surface area contributed by atoms with Gasteiger partial charge in [-0.2, -0.15) is 0 Å². The molecule has 1 saturated heterocycles. The standard InChI is InChI=1S/C9H18N2O2/c1-11-5-3-4-9(6-10,7-11)8(12)13-2/h3-7,10H2,1-2H3. The van der Waals surface area contributed by atoms with Crippen molar-refractivity contribution in [2.24, 2.45) is 11.1 Å². The Balaban J connectivity index is 2.73. The largest absolute Gasteiger partial charge is 0.469 e. The zero-order valence-electron chi connectivity index (χ0n) is 8.38. The molecular formula is C9H18N2O2. The second-order valence-corrected chi connectivity index (χ2v) is 3.82. The van der Waals surface area contributed by atoms with E-state index in [9.17, 15) is 4.79 Å². The molecule has 76 valence electrons. The van der Waals surface area contributed by atoms with Gasteiger partial charge in [0.05, 0.1) is 12.5 Å². The molecule has 4 heteroatoms. The minimum Gasteiger partial charge on any atom is -0.469 e. The maximum absolute atomic E-state index is 11.5. The van der Waals surface area contributed by atoms with Crippen molar-refractivity contribution in [3.8, 4) is 0 Å². The third-order valence-electron chi connectivity index (χ3n) is 2.78. The molecule has 0 aromatic heterocycles. The molecule has 1 aliphatic rings. The Morgan fingerprint density at radius 1 is 1.69 bits per heavy atom. The Morgan fingerprint density at radius 2 is 2.38 bits per heavy atom. The van der Waals surface area contributed by atoms with Crippen LogP contribution in [0.2, 0.25) is 0 Å². The number of piperidine rings is 1. The van der Waals surface area contributed by atoms with Crippen molar-refractivity contribution in [1.82, 2.24) is 4.90 Å². The van der Waals surface area contributed by atoms with Gasteiger partial charge in [0.25, 0.3) is 0 Å². The molecule has 1 atom stereocenters. The van der Waals surface area contributed by atoms with Crippen LogP contribution in [-0.4, -0.2) is 44.7 Å². The summed E-state index contributed by atoms with van der Waals surface area (Å²) in [5, 5.41) is 0. The first kappa shape index (κ1) is 10.5. The third-order valence-corrected chi connectivity index (χ3v) is 2.78. The number of ether oxygens (including phenoxy) is 1. The van der Waals surface area contributed by atoms with Gasteiger partial charge in [-0.1, -0.05) is 0 Å². The number of methoxy groups -OCH3 is 1. The van der Waals surface area contributed by atoms with E-state index < -0.39 is 5.41 Å². The van der Waals surface area contributed by atoms with E-state index in [1.54, 1.807) is 0 Å². The van der Waals surface area contributed by atoms with Crippen molar-refractivity contribution < 1.29 is 9.53 Å². The van der Waals surface area contributed by atoms with Gasteiger partial charge in [-0.3, -0.25) is 4.79 Å². The molecule has 4 nitrogen and oxygen atoms in total. The molecule has 0 spiro atoms. The van der Waals surface area contributed by atoms with Crippen molar-refractivity contribution in [3.05, 3.63) is 0 Å². The number of rotatable bonds is 2. The molecule has 0 saturated carbocycles. The summed E-state index contributed by atoms with van der Waals surface area (Å²) < 4.78 is 4.79. The first-order chi connectivity index (χ1) is 6.14. The van der Waals surface area contributed by atoms with Gasteiger partial charge in [-0.25, -0.2) is 0 Å². The molecule has 0 radical (unpaired) electrons. The van der Waals surface area contributed by atoms with Gasteiger partial charge in [-0.15, -0.1) is 0 Å². The smallest absolute Gasteiger partial charge is 0.314 e. The van der Waals surface area contributed by atoms with Crippen LogP contribution >= 0.6 is 0 Å². The Kier molecular flexibility index (Phi) is 3.27. The highest BCUT2D eigenvalue weighted by Gasteiger charge is 2.41. The van der Waals surface area contributed by atoms with Gasteiger partial charge in [0.2, 0.25) is 0 Å². The van der Waals surface area contributed by atoms with Crippen molar-refractivity contribution in [2.75, 3.05) is 33.8 Å². The molecule has 0 amide bonds. The fourth-order valence-electron chi connectivity index (χ4n) is 2.00. The van der Waals surface area contributed by atoms with Gasteiger partial charge in [0.15, 0.2) is 0 Å². The van der Waals surface area contributed by atoms with E-state index in [1.165, 1.54) is 7.11 Å². The van der Waals surface area contributed by atoms with Crippen LogP contribution in [0.5, 0.6) is 0 Å². The van der Waals surface area contributed by atoms with E-state index in [2.05, 4.69) is 4.90 Å². The maximum atomic E-state index is 11.5. The van der Waals surface area contributed by atoms with Crippen molar-refractivity contribution in [1.29, 1.82) is 0 Å². The summed E-state index contributed by atoms with van der Waals surface area (Å²) in [6.07, 6.45) is 1.86. The van der Waals surface area contributed by atoms with Crippen LogP contribution in [0.15, 0.2) is 0 Å². The zero-order chi connectivity index (χ0) is 9.90. The highest BCUT2D eigenvalue weighted by Crippen LogP contribution is 2.29. The molecule has 1 fully saturated rings. The highest BCUT2D eigenvalue weighted by atomic mass is 16.5. The second kappa shape index (κ2) is 4.07. The van der Waals surface area contributed by atoms with Crippen LogP contribution in [0.1, 0.15) is 12.8 Å². The van der Waals surface area contributed by atoms with Crippen LogP contribution in [0.25, 0.3) is 0 Å². The van der Waals surface area contributed by atoms with Crippen LogP contribution in [0, 0.1) is 5.41 Å². The van der Waals surface area contributed by atoms with E-state index in [0.29, 0.717) is 6.54 Å². The fourth-order valence-corrected chi connectivity index (χ4v) is 2.00. The summed E-state index contributed by atoms with van der Waals surface area (Å²) in [7, 11) is 3.43. The average molecular weight is 186 g/mol. The predicted molar refractivity (Wildman–Crippen MR) is 50.2 cm³/mol. The molecule has 2 N–H and O–H groups in total. The lowest BCUT2D eigenvalue weighted by Crippen LogP contribution is -2.51. The quantitative estimate of drug-likeness (QED) is 0.608. The number of hydrogen-bond donors (Lipinski definition) is 1. The van der Waals surface area contributed by atoms with Crippen molar-refractivity contribution >= 4 is 5.97 Å². The molecule has 1 rings (SSSR count). The molecule has 0 aromatic carbocycles. The van der Waals surface area contributed by atoms with Crippen molar-refractivity contribution in [3.63, 3.8) is 0 Å². The molecule has 1 aliphatic heterocycles. The Hall–Kier alpha value is -0.610. The fraction of sp³-hybridized carbons (Fsp3) is 0.889. The first-order valence-electron chi connectivity index (χ1n) is 4.62. The normalized spacial score (nSPS) is 30.1. The summed E-state index contributed by atoms with van der Waals surface area (Å²) in [6, 6.07) is 0. The predicted octanol–water partition coefficient (Wildman–Crippen LogP) is -0.170. The van der Waals surface area contributed by atoms with Gasteiger partial charge < -0.3 is 15.4 Å². The molecule has 0 aliphatic carbocycles. The average Bonchev–Trinajstić information content (AvgIpc) is 2.16. The third kappa shape index (κ3) is 2.00. The van der Waals surface area contributed by atoms with Crippen LogP contribution < -0.4 is 5.73 Å². The molecular weight excluding hydrogens is 168 g/mol. The number of likely N-dealkylation sites (tertiary alicyclic amines) is 1. The summed E-state index contributed by atoms with van der Waals surface area (Å²) in [6.45, 7) is 2.14. The van der Waals surface area contributed by atoms with Crippen LogP contribution in [0.3, 0.4) is 0 Å². The lowest BCUT2D eigenvalue weighted by atomic mass is 9.80. The first-order valence-corrected chi connectivity index (χ1v) is 4.62. The Morgan fingerprint density at radius 3 is 2.85 bits per heavy atom. The number of nitrogens with zero attached hydrogens (tertiary/aromatic N) is 1. The Labute approximate surface area is 79.0 Å². The minimum atomic E-state index is -0.457. The number of esters is 1. The second-order valence-electron chi connectivity index (χ2n) is 3.82. The number of nitrogens with two attached hydrogens (primary N) is 1. The van der Waals surface area contributed by atoms with Gasteiger partial charge in [-0.05, 0) is 26.4 Å². The molecule has 0 bridgehead atoms. The zero-order valence-corrected chi connectivity index (χ0v) is 8.38. The SMILES string of the molecule is COC(=O)C1(CN)CCCN(C)C1. The monoisotopic (exact) mass is 186 g/mol. The summed E-state index contributed by atoms with van der Waals surface area (Å²) >= 11 is 0. The lowest BCUT2D eigenvalue weighted by molar-refractivity contribution is -0.155. The van der Waals surface area contributed by atoms with E-state index in [0.717, 1.165) is 25.9 Å². The lowest BCUT2D eigenvalue weighted by Gasteiger charge is -2.38. The molecule has 1 heterocycles. The van der Waals surface area contributed by atoms with Crippen LogP contribution in [-0.2, 0) is 9.53 Å². The van der Waals surface area contributed by atoms with Gasteiger partial charge >= 0.3 is 5.97 Å². The topological polar surface area (TPSA) is 55.6 Å². The van der Waals surface area contributed by atoms with E-state index in [4.69, 9.17) is 10.5 Å². The summed E-state index contributed by atoms with van der Waals surface area (Å²) in [4.78, 5) is 13.7. The van der Waals surface area contributed by atoms with E-state index in [1.807, 2.05) is 7.05 Å². The van der Waals surface area contributed by atoms with Gasteiger partial charge in [0, 0.05) is 13.1 Å². The van der Waals surface area contributed by atoms with Gasteiger partial charge in [0.1, 0.15) is 0 Å². The molecule has 13 heavy (non-hydrogen) atoms. The molecule has 1 unspecified atom stereocenters. The summed E-state index contributed by atoms with van der Waals surface area (Å²) in [5.41, 5.74) is 5.19. The van der Waals surface area contributed by atoms with Crippen LogP contribution in [0.4, 0.5) is 0 Å². The van der Waals surface area contributed by atoms with E-state index >= 15 is 0 Å². The number of hydrogen-bond acceptors (Lipinski definition) is 4. The number of carbonyl (C=O) groups excluding carboxylic acids is 1. The molecule has 0 aromatic rings. The minimum absolute atomic E-state index is 0.165. The summed E-state index contributed by atoms with van der Waals surface area (Å²) in [5.74, 6) is -0.165. The number of carbonyl (C=O) groups is 1. The Bertz CT molecular complexity index is 196. The maximum Gasteiger partial charge on any atom is 0.314 e. The highest BCUT2D eigenvalue weighted by molar-refractivity contribution is 5.77.